The van der Waals surface area contributed by atoms with Gasteiger partial charge in [-0.15, -0.1) is 0 Å². The van der Waals surface area contributed by atoms with Gasteiger partial charge in [-0.25, -0.2) is 0 Å². The Kier molecular flexibility index (Phi) is 6.01. The second kappa shape index (κ2) is 7.67. The SMILES string of the molecule is C=CN(C)C/C=C/C1(C)SC(=NC(C)(C)c2ccccc2Cl)NC1=O. The predicted octanol–water partition coefficient (Wildman–Crippen LogP) is 4.18. The normalized spacial score (nSPS) is 22.4. The first-order valence-electron chi connectivity index (χ1n) is 8.04. The van der Waals surface area contributed by atoms with Crippen molar-refractivity contribution in [2.75, 3.05) is 13.6 Å². The number of hydrogen-bond donors (Lipinski definition) is 1. The molecule has 1 aromatic rings. The summed E-state index contributed by atoms with van der Waals surface area (Å²) in [7, 11) is 1.93. The molecule has 0 radical (unpaired) electrons. The lowest BCUT2D eigenvalue weighted by Crippen LogP contribution is -2.32. The Bertz CT molecular complexity index is 729. The van der Waals surface area contributed by atoms with E-state index in [1.807, 2.05) is 69.1 Å². The lowest BCUT2D eigenvalue weighted by molar-refractivity contribution is -0.120. The average Bonchev–Trinajstić information content (AvgIpc) is 2.80. The minimum Gasteiger partial charge on any atom is -0.377 e. The summed E-state index contributed by atoms with van der Waals surface area (Å²) in [5.41, 5.74) is 0.391. The number of amidine groups is 1. The Labute approximate surface area is 159 Å². The number of hydrogen-bond acceptors (Lipinski definition) is 4. The third-order valence-electron chi connectivity index (χ3n) is 4.04. The van der Waals surface area contributed by atoms with Crippen molar-refractivity contribution in [3.8, 4) is 0 Å². The van der Waals surface area contributed by atoms with Crippen LogP contribution < -0.4 is 5.32 Å². The number of nitrogens with zero attached hydrogens (tertiary/aromatic N) is 2. The summed E-state index contributed by atoms with van der Waals surface area (Å²) in [6.45, 7) is 10.3. The van der Waals surface area contributed by atoms with Gasteiger partial charge in [0.25, 0.3) is 0 Å². The van der Waals surface area contributed by atoms with Gasteiger partial charge < -0.3 is 10.2 Å². The number of thioether (sulfide) groups is 1. The van der Waals surface area contributed by atoms with Crippen molar-refractivity contribution >= 4 is 34.4 Å². The summed E-state index contributed by atoms with van der Waals surface area (Å²) in [6, 6.07) is 7.63. The van der Waals surface area contributed by atoms with Crippen molar-refractivity contribution in [1.82, 2.24) is 10.2 Å². The van der Waals surface area contributed by atoms with Gasteiger partial charge in [0.2, 0.25) is 5.91 Å². The summed E-state index contributed by atoms with van der Waals surface area (Å²) in [5, 5.41) is 4.17. The minimum absolute atomic E-state index is 0.0660. The number of aliphatic imine (C=N–C) groups is 1. The largest absolute Gasteiger partial charge is 0.377 e. The summed E-state index contributed by atoms with van der Waals surface area (Å²) in [4.78, 5) is 19.1. The maximum atomic E-state index is 12.4. The maximum Gasteiger partial charge on any atom is 0.246 e. The lowest BCUT2D eigenvalue weighted by atomic mass is 9.95. The first kappa shape index (κ1) is 19.6. The van der Waals surface area contributed by atoms with Crippen molar-refractivity contribution < 1.29 is 4.79 Å². The van der Waals surface area contributed by atoms with Crippen molar-refractivity contribution in [3.05, 3.63) is 59.8 Å². The number of benzene rings is 1. The summed E-state index contributed by atoms with van der Waals surface area (Å²) in [5.74, 6) is -0.0660. The van der Waals surface area contributed by atoms with Crippen LogP contribution in [0.15, 0.2) is 54.2 Å². The van der Waals surface area contributed by atoms with E-state index in [1.165, 1.54) is 11.8 Å². The molecule has 0 saturated carbocycles. The molecule has 1 fully saturated rings. The molecule has 0 aliphatic carbocycles. The lowest BCUT2D eigenvalue weighted by Gasteiger charge is -2.22. The van der Waals surface area contributed by atoms with Gasteiger partial charge in [0.05, 0.1) is 5.54 Å². The molecule has 134 valence electrons. The molecule has 1 aliphatic heterocycles. The van der Waals surface area contributed by atoms with E-state index < -0.39 is 10.3 Å². The topological polar surface area (TPSA) is 44.7 Å². The molecule has 6 heteroatoms. The fourth-order valence-corrected chi connectivity index (χ4v) is 3.94. The van der Waals surface area contributed by atoms with Crippen LogP contribution in [0.5, 0.6) is 0 Å². The second-order valence-corrected chi connectivity index (χ2v) is 8.49. The number of rotatable bonds is 6. The summed E-state index contributed by atoms with van der Waals surface area (Å²) in [6.07, 6.45) is 5.63. The van der Waals surface area contributed by atoms with Crippen LogP contribution in [0.25, 0.3) is 0 Å². The fourth-order valence-electron chi connectivity index (χ4n) is 2.44. The standard InChI is InChI=1S/C19H24ClN3OS/c1-6-23(5)13-9-12-19(4)16(24)21-17(25-19)22-18(2,3)14-10-7-8-11-15(14)20/h6-12H,1,13H2,2-5H3,(H,21,22,24)/b12-9+. The molecule has 2 rings (SSSR count). The molecule has 1 saturated heterocycles. The number of halogens is 1. The molecule has 0 spiro atoms. The summed E-state index contributed by atoms with van der Waals surface area (Å²) >= 11 is 7.73. The second-order valence-electron chi connectivity index (χ2n) is 6.64. The van der Waals surface area contributed by atoms with Gasteiger partial charge in [-0.2, -0.15) is 0 Å². The Morgan fingerprint density at radius 3 is 2.76 bits per heavy atom. The van der Waals surface area contributed by atoms with Gasteiger partial charge >= 0.3 is 0 Å². The highest BCUT2D eigenvalue weighted by Gasteiger charge is 2.41. The van der Waals surface area contributed by atoms with Gasteiger partial charge in [0.15, 0.2) is 5.17 Å². The highest BCUT2D eigenvalue weighted by atomic mass is 35.5. The van der Waals surface area contributed by atoms with Gasteiger partial charge in [0, 0.05) is 18.6 Å². The van der Waals surface area contributed by atoms with E-state index in [0.29, 0.717) is 16.7 Å². The molecule has 1 amide bonds. The number of carbonyl (C=O) groups excluding carboxylic acids is 1. The zero-order chi connectivity index (χ0) is 18.7. The molecule has 1 unspecified atom stereocenters. The van der Waals surface area contributed by atoms with Crippen molar-refractivity contribution in [3.63, 3.8) is 0 Å². The number of carbonyl (C=O) groups is 1. The van der Waals surface area contributed by atoms with Crippen LogP contribution in [-0.4, -0.2) is 34.3 Å². The third kappa shape index (κ3) is 4.67. The highest BCUT2D eigenvalue weighted by molar-refractivity contribution is 8.16. The van der Waals surface area contributed by atoms with Crippen LogP contribution in [0.4, 0.5) is 0 Å². The zero-order valence-electron chi connectivity index (χ0n) is 15.0. The number of amides is 1. The number of nitrogens with one attached hydrogen (secondary N) is 1. The molecule has 0 bridgehead atoms. The minimum atomic E-state index is -0.669. The van der Waals surface area contributed by atoms with E-state index in [4.69, 9.17) is 16.6 Å². The van der Waals surface area contributed by atoms with Gasteiger partial charge in [-0.05, 0) is 38.6 Å². The predicted molar refractivity (Wildman–Crippen MR) is 108 cm³/mol. The van der Waals surface area contributed by atoms with Gasteiger partial charge in [-0.3, -0.25) is 9.79 Å². The Morgan fingerprint density at radius 2 is 2.12 bits per heavy atom. The van der Waals surface area contributed by atoms with Gasteiger partial charge in [0.1, 0.15) is 4.75 Å². The van der Waals surface area contributed by atoms with E-state index in [-0.39, 0.29) is 5.91 Å². The molecular weight excluding hydrogens is 354 g/mol. The molecule has 1 heterocycles. The Morgan fingerprint density at radius 1 is 1.44 bits per heavy atom. The van der Waals surface area contributed by atoms with Gasteiger partial charge in [-0.1, -0.05) is 60.3 Å². The van der Waals surface area contributed by atoms with Crippen molar-refractivity contribution in [1.29, 1.82) is 0 Å². The first-order chi connectivity index (χ1) is 11.7. The van der Waals surface area contributed by atoms with E-state index in [1.54, 1.807) is 6.20 Å². The van der Waals surface area contributed by atoms with E-state index in [0.717, 1.165) is 5.56 Å². The zero-order valence-corrected chi connectivity index (χ0v) is 16.6. The molecule has 0 aromatic heterocycles. The van der Waals surface area contributed by atoms with Crippen LogP contribution >= 0.6 is 23.4 Å². The quantitative estimate of drug-likeness (QED) is 0.756. The monoisotopic (exact) mass is 377 g/mol. The summed E-state index contributed by atoms with van der Waals surface area (Å²) < 4.78 is -0.669. The average molecular weight is 378 g/mol. The highest BCUT2D eigenvalue weighted by Crippen LogP contribution is 2.37. The van der Waals surface area contributed by atoms with Crippen molar-refractivity contribution in [2.45, 2.75) is 31.1 Å². The third-order valence-corrected chi connectivity index (χ3v) is 5.50. The fraction of sp³-hybridized carbons (Fsp3) is 0.368. The first-order valence-corrected chi connectivity index (χ1v) is 9.23. The molecule has 1 aromatic carbocycles. The van der Waals surface area contributed by atoms with E-state index in [2.05, 4.69) is 11.9 Å². The molecular formula is C19H24ClN3OS. The molecule has 1 N–H and O–H groups in total. The van der Waals surface area contributed by atoms with Crippen LogP contribution in [0, 0.1) is 0 Å². The smallest absolute Gasteiger partial charge is 0.246 e. The van der Waals surface area contributed by atoms with Crippen molar-refractivity contribution in [2.24, 2.45) is 4.99 Å². The molecule has 4 nitrogen and oxygen atoms in total. The van der Waals surface area contributed by atoms with Crippen LogP contribution in [-0.2, 0) is 10.3 Å². The maximum absolute atomic E-state index is 12.4. The molecule has 25 heavy (non-hydrogen) atoms. The van der Waals surface area contributed by atoms with E-state index >= 15 is 0 Å². The van der Waals surface area contributed by atoms with Crippen LogP contribution in [0.2, 0.25) is 5.02 Å². The van der Waals surface area contributed by atoms with E-state index in [9.17, 15) is 4.79 Å². The molecule has 1 atom stereocenters. The Hall–Kier alpha value is -1.72. The Balaban J connectivity index is 2.19. The number of likely N-dealkylation sites (N-methyl/N-ethyl adjacent to an activating group) is 1. The molecule has 1 aliphatic rings. The van der Waals surface area contributed by atoms with Crippen LogP contribution in [0.1, 0.15) is 26.3 Å². The van der Waals surface area contributed by atoms with Crippen LogP contribution in [0.3, 0.4) is 0 Å².